The summed E-state index contributed by atoms with van der Waals surface area (Å²) in [4.78, 5) is 10.8. The Kier molecular flexibility index (Phi) is 3.83. The van der Waals surface area contributed by atoms with Gasteiger partial charge in [0.15, 0.2) is 0 Å². The standard InChI is InChI=1S/C7H15N3O2/c1-8-7(11)10-4-6-5-12-3-2-9-6/h6,9H,2-5H2,1H3,(H2,8,10,11)/t6-/m0/s1. The van der Waals surface area contributed by atoms with Gasteiger partial charge >= 0.3 is 6.03 Å². The summed E-state index contributed by atoms with van der Waals surface area (Å²) in [5.41, 5.74) is 0. The van der Waals surface area contributed by atoms with Gasteiger partial charge in [0.25, 0.3) is 0 Å². The van der Waals surface area contributed by atoms with Gasteiger partial charge in [-0.05, 0) is 0 Å². The lowest BCUT2D eigenvalue weighted by Gasteiger charge is -2.23. The van der Waals surface area contributed by atoms with Crippen LogP contribution in [0.25, 0.3) is 0 Å². The van der Waals surface area contributed by atoms with Crippen molar-refractivity contribution in [3.63, 3.8) is 0 Å². The summed E-state index contributed by atoms with van der Waals surface area (Å²) in [7, 11) is 1.60. The molecule has 0 aliphatic carbocycles. The van der Waals surface area contributed by atoms with Gasteiger partial charge in [-0.3, -0.25) is 0 Å². The Balaban J connectivity index is 2.09. The Bertz CT molecular complexity index is 146. The molecule has 1 rings (SSSR count). The SMILES string of the molecule is CNC(=O)NC[C@H]1COCCN1. The molecule has 0 bridgehead atoms. The highest BCUT2D eigenvalue weighted by molar-refractivity contribution is 5.73. The summed E-state index contributed by atoms with van der Waals surface area (Å²) in [6.07, 6.45) is 0. The summed E-state index contributed by atoms with van der Waals surface area (Å²) in [5.74, 6) is 0. The molecule has 1 atom stereocenters. The second-order valence-corrected chi connectivity index (χ2v) is 2.69. The van der Waals surface area contributed by atoms with Gasteiger partial charge in [-0.25, -0.2) is 4.79 Å². The van der Waals surface area contributed by atoms with Gasteiger partial charge in [-0.15, -0.1) is 0 Å². The number of nitrogens with one attached hydrogen (secondary N) is 3. The Morgan fingerprint density at radius 3 is 3.17 bits per heavy atom. The monoisotopic (exact) mass is 173 g/mol. The van der Waals surface area contributed by atoms with E-state index in [1.807, 2.05) is 0 Å². The topological polar surface area (TPSA) is 62.4 Å². The van der Waals surface area contributed by atoms with Gasteiger partial charge in [0.05, 0.1) is 13.2 Å². The van der Waals surface area contributed by atoms with Crippen LogP contribution < -0.4 is 16.0 Å². The molecule has 1 aliphatic rings. The van der Waals surface area contributed by atoms with Gasteiger partial charge < -0.3 is 20.7 Å². The third-order valence-electron chi connectivity index (χ3n) is 1.73. The summed E-state index contributed by atoms with van der Waals surface area (Å²) < 4.78 is 5.21. The van der Waals surface area contributed by atoms with Crippen LogP contribution in [-0.4, -0.2) is 45.4 Å². The normalized spacial score (nSPS) is 23.2. The minimum atomic E-state index is -0.151. The third-order valence-corrected chi connectivity index (χ3v) is 1.73. The predicted molar refractivity (Wildman–Crippen MR) is 45.1 cm³/mol. The lowest BCUT2D eigenvalue weighted by molar-refractivity contribution is 0.0774. The van der Waals surface area contributed by atoms with E-state index in [2.05, 4.69) is 16.0 Å². The van der Waals surface area contributed by atoms with E-state index in [1.54, 1.807) is 7.05 Å². The van der Waals surface area contributed by atoms with E-state index in [-0.39, 0.29) is 12.1 Å². The number of morpholine rings is 1. The maximum atomic E-state index is 10.8. The van der Waals surface area contributed by atoms with Crippen LogP contribution in [0.2, 0.25) is 0 Å². The number of rotatable bonds is 2. The van der Waals surface area contributed by atoms with Crippen LogP contribution in [0, 0.1) is 0 Å². The minimum Gasteiger partial charge on any atom is -0.378 e. The van der Waals surface area contributed by atoms with Gasteiger partial charge in [-0.2, -0.15) is 0 Å². The van der Waals surface area contributed by atoms with E-state index in [0.29, 0.717) is 13.2 Å². The van der Waals surface area contributed by atoms with Crippen LogP contribution in [0.4, 0.5) is 4.79 Å². The molecule has 1 heterocycles. The van der Waals surface area contributed by atoms with E-state index in [0.717, 1.165) is 13.2 Å². The molecule has 0 radical (unpaired) electrons. The molecule has 0 aromatic carbocycles. The third kappa shape index (κ3) is 3.06. The highest BCUT2D eigenvalue weighted by Gasteiger charge is 2.12. The highest BCUT2D eigenvalue weighted by Crippen LogP contribution is 1.90. The first-order valence-corrected chi connectivity index (χ1v) is 4.09. The lowest BCUT2D eigenvalue weighted by atomic mass is 10.3. The molecule has 12 heavy (non-hydrogen) atoms. The van der Waals surface area contributed by atoms with E-state index >= 15 is 0 Å². The number of amides is 2. The zero-order chi connectivity index (χ0) is 8.81. The van der Waals surface area contributed by atoms with Crippen LogP contribution in [0.15, 0.2) is 0 Å². The first-order chi connectivity index (χ1) is 5.83. The average molecular weight is 173 g/mol. The second kappa shape index (κ2) is 4.95. The predicted octanol–water partition coefficient (Wildman–Crippen LogP) is -1.10. The summed E-state index contributed by atoms with van der Waals surface area (Å²) in [5, 5.41) is 8.43. The van der Waals surface area contributed by atoms with E-state index in [9.17, 15) is 4.79 Å². The van der Waals surface area contributed by atoms with Crippen LogP contribution in [0.5, 0.6) is 0 Å². The van der Waals surface area contributed by atoms with Crippen LogP contribution in [0.1, 0.15) is 0 Å². The van der Waals surface area contributed by atoms with E-state index in [4.69, 9.17) is 4.74 Å². The number of hydrogen-bond donors (Lipinski definition) is 3. The Morgan fingerprint density at radius 1 is 1.75 bits per heavy atom. The Hall–Kier alpha value is -0.810. The van der Waals surface area contributed by atoms with E-state index < -0.39 is 0 Å². The maximum absolute atomic E-state index is 10.8. The molecule has 1 fully saturated rings. The molecule has 0 aromatic rings. The molecule has 3 N–H and O–H groups in total. The molecule has 5 nitrogen and oxygen atoms in total. The van der Waals surface area contributed by atoms with Gasteiger partial charge in [0.1, 0.15) is 0 Å². The van der Waals surface area contributed by atoms with Crippen molar-refractivity contribution in [3.8, 4) is 0 Å². The van der Waals surface area contributed by atoms with Crippen LogP contribution in [0.3, 0.4) is 0 Å². The molecule has 70 valence electrons. The van der Waals surface area contributed by atoms with Gasteiger partial charge in [0, 0.05) is 26.2 Å². The summed E-state index contributed by atoms with van der Waals surface area (Å²) in [6.45, 7) is 2.90. The van der Waals surface area contributed by atoms with Crippen molar-refractivity contribution < 1.29 is 9.53 Å². The molecule has 1 saturated heterocycles. The van der Waals surface area contributed by atoms with Crippen LogP contribution in [-0.2, 0) is 4.74 Å². The molecule has 1 aliphatic heterocycles. The van der Waals surface area contributed by atoms with E-state index in [1.165, 1.54) is 0 Å². The summed E-state index contributed by atoms with van der Waals surface area (Å²) in [6, 6.07) is 0.0958. The van der Waals surface area contributed by atoms with Crippen molar-refractivity contribution in [1.29, 1.82) is 0 Å². The second-order valence-electron chi connectivity index (χ2n) is 2.69. The van der Waals surface area contributed by atoms with Crippen molar-refractivity contribution in [2.24, 2.45) is 0 Å². The fraction of sp³-hybridized carbons (Fsp3) is 0.857. The van der Waals surface area contributed by atoms with Crippen LogP contribution >= 0.6 is 0 Å². The fourth-order valence-electron chi connectivity index (χ4n) is 1.06. The highest BCUT2D eigenvalue weighted by atomic mass is 16.5. The zero-order valence-corrected chi connectivity index (χ0v) is 7.22. The number of ether oxygens (including phenoxy) is 1. The van der Waals surface area contributed by atoms with Crippen molar-refractivity contribution in [3.05, 3.63) is 0 Å². The maximum Gasteiger partial charge on any atom is 0.314 e. The summed E-state index contributed by atoms with van der Waals surface area (Å²) >= 11 is 0. The first-order valence-electron chi connectivity index (χ1n) is 4.09. The molecule has 0 spiro atoms. The molecular weight excluding hydrogens is 158 g/mol. The fourth-order valence-corrected chi connectivity index (χ4v) is 1.06. The lowest BCUT2D eigenvalue weighted by Crippen LogP contribution is -2.49. The average Bonchev–Trinajstić information content (AvgIpc) is 2.16. The smallest absolute Gasteiger partial charge is 0.314 e. The van der Waals surface area contributed by atoms with Crippen molar-refractivity contribution in [2.75, 3.05) is 33.4 Å². The molecule has 0 saturated carbocycles. The first kappa shape index (κ1) is 9.28. The van der Waals surface area contributed by atoms with Crippen molar-refractivity contribution in [1.82, 2.24) is 16.0 Å². The molecule has 2 amide bonds. The van der Waals surface area contributed by atoms with Crippen molar-refractivity contribution >= 4 is 6.03 Å². The van der Waals surface area contributed by atoms with Crippen molar-refractivity contribution in [2.45, 2.75) is 6.04 Å². The minimum absolute atomic E-state index is 0.151. The molecule has 0 aromatic heterocycles. The Morgan fingerprint density at radius 2 is 2.58 bits per heavy atom. The largest absolute Gasteiger partial charge is 0.378 e. The number of carbonyl (C=O) groups excluding carboxylic acids is 1. The zero-order valence-electron chi connectivity index (χ0n) is 7.22. The Labute approximate surface area is 71.8 Å². The molecule has 0 unspecified atom stereocenters. The quantitative estimate of drug-likeness (QED) is 0.497. The number of hydrogen-bond acceptors (Lipinski definition) is 3. The number of carbonyl (C=O) groups is 1. The van der Waals surface area contributed by atoms with Gasteiger partial charge in [-0.1, -0.05) is 0 Å². The van der Waals surface area contributed by atoms with Gasteiger partial charge in [0.2, 0.25) is 0 Å². The number of urea groups is 1. The molecular formula is C7H15N3O2. The molecule has 5 heteroatoms.